The summed E-state index contributed by atoms with van der Waals surface area (Å²) in [5, 5.41) is 8.56. The Kier molecular flexibility index (Phi) is 7.16. The van der Waals surface area contributed by atoms with Gasteiger partial charge in [-0.2, -0.15) is 0 Å². The van der Waals surface area contributed by atoms with Crippen LogP contribution in [0.5, 0.6) is 0 Å². The summed E-state index contributed by atoms with van der Waals surface area (Å²) in [6.45, 7) is 2.09. The van der Waals surface area contributed by atoms with Crippen LogP contribution in [0.25, 0.3) is 0 Å². The van der Waals surface area contributed by atoms with Crippen LogP contribution in [0.2, 0.25) is 0 Å². The Balaban J connectivity index is 2.27. The second kappa shape index (κ2) is 8.68. The second-order valence-electron chi connectivity index (χ2n) is 5.14. The normalized spacial score (nSPS) is 22.5. The molecule has 0 saturated carbocycles. The fourth-order valence-corrected chi connectivity index (χ4v) is 2.52. The molecule has 0 aromatic heterocycles. The standard InChI is InChI=1S/C16H24O3/c1-2-3-5-9-14-13(11-12-15(14)17)8-6-4-7-10-16(18)19/h3,5,11-14H,2,4,6-10H2,1H3,(H,18,19)/b5-3-. The van der Waals surface area contributed by atoms with Gasteiger partial charge in [-0.25, -0.2) is 0 Å². The lowest BCUT2D eigenvalue weighted by Gasteiger charge is -2.16. The van der Waals surface area contributed by atoms with Crippen LogP contribution in [0, 0.1) is 11.8 Å². The van der Waals surface area contributed by atoms with E-state index in [0.29, 0.717) is 5.92 Å². The largest absolute Gasteiger partial charge is 0.481 e. The van der Waals surface area contributed by atoms with Crippen LogP contribution in [-0.2, 0) is 9.59 Å². The number of carbonyl (C=O) groups excluding carboxylic acids is 1. The molecule has 3 nitrogen and oxygen atoms in total. The Hall–Kier alpha value is -1.38. The second-order valence-corrected chi connectivity index (χ2v) is 5.14. The molecule has 0 spiro atoms. The van der Waals surface area contributed by atoms with E-state index in [1.165, 1.54) is 0 Å². The first-order chi connectivity index (χ1) is 9.15. The highest BCUT2D eigenvalue weighted by Gasteiger charge is 2.28. The van der Waals surface area contributed by atoms with E-state index >= 15 is 0 Å². The number of hydrogen-bond donors (Lipinski definition) is 1. The number of rotatable bonds is 9. The van der Waals surface area contributed by atoms with Gasteiger partial charge in [-0.15, -0.1) is 0 Å². The molecule has 0 radical (unpaired) electrons. The number of aliphatic carboxylic acids is 1. The Labute approximate surface area is 115 Å². The van der Waals surface area contributed by atoms with E-state index in [2.05, 4.69) is 19.1 Å². The van der Waals surface area contributed by atoms with Gasteiger partial charge in [0.15, 0.2) is 5.78 Å². The minimum Gasteiger partial charge on any atom is -0.481 e. The quantitative estimate of drug-likeness (QED) is 0.509. The summed E-state index contributed by atoms with van der Waals surface area (Å²) in [4.78, 5) is 22.2. The van der Waals surface area contributed by atoms with Crippen LogP contribution in [0.3, 0.4) is 0 Å². The molecule has 0 aliphatic heterocycles. The van der Waals surface area contributed by atoms with Crippen LogP contribution in [0.4, 0.5) is 0 Å². The van der Waals surface area contributed by atoms with E-state index in [9.17, 15) is 9.59 Å². The van der Waals surface area contributed by atoms with Gasteiger partial charge in [0.25, 0.3) is 0 Å². The molecule has 0 amide bonds. The molecular weight excluding hydrogens is 240 g/mol. The van der Waals surface area contributed by atoms with Gasteiger partial charge < -0.3 is 5.11 Å². The van der Waals surface area contributed by atoms with Crippen LogP contribution in [-0.4, -0.2) is 16.9 Å². The molecule has 0 fully saturated rings. The van der Waals surface area contributed by atoms with Crippen molar-refractivity contribution in [1.29, 1.82) is 0 Å². The molecule has 3 heteroatoms. The van der Waals surface area contributed by atoms with Crippen LogP contribution < -0.4 is 0 Å². The summed E-state index contributed by atoms with van der Waals surface area (Å²) in [6.07, 6.45) is 13.7. The van der Waals surface area contributed by atoms with E-state index in [0.717, 1.165) is 38.5 Å². The van der Waals surface area contributed by atoms with Crippen molar-refractivity contribution in [3.05, 3.63) is 24.3 Å². The molecule has 1 rings (SSSR count). The molecule has 1 aliphatic carbocycles. The highest BCUT2D eigenvalue weighted by Crippen LogP contribution is 2.30. The summed E-state index contributed by atoms with van der Waals surface area (Å²) in [5.41, 5.74) is 0. The lowest BCUT2D eigenvalue weighted by molar-refractivity contribution is -0.137. The van der Waals surface area contributed by atoms with Crippen LogP contribution in [0.1, 0.15) is 51.9 Å². The molecule has 19 heavy (non-hydrogen) atoms. The molecule has 2 unspecified atom stereocenters. The highest BCUT2D eigenvalue weighted by atomic mass is 16.4. The van der Waals surface area contributed by atoms with Gasteiger partial charge in [0, 0.05) is 12.3 Å². The molecule has 0 aromatic rings. The summed E-state index contributed by atoms with van der Waals surface area (Å²) in [6, 6.07) is 0. The zero-order valence-electron chi connectivity index (χ0n) is 11.7. The van der Waals surface area contributed by atoms with Gasteiger partial charge in [-0.1, -0.05) is 38.0 Å². The van der Waals surface area contributed by atoms with Gasteiger partial charge in [0.05, 0.1) is 0 Å². The summed E-state index contributed by atoms with van der Waals surface area (Å²) in [5.74, 6) is -0.0177. The van der Waals surface area contributed by atoms with Gasteiger partial charge >= 0.3 is 5.97 Å². The lowest BCUT2D eigenvalue weighted by atomic mass is 9.87. The number of hydrogen-bond acceptors (Lipinski definition) is 2. The molecule has 0 heterocycles. The average Bonchev–Trinajstić information content (AvgIpc) is 2.71. The molecular formula is C16H24O3. The summed E-state index contributed by atoms with van der Waals surface area (Å²) >= 11 is 0. The summed E-state index contributed by atoms with van der Waals surface area (Å²) in [7, 11) is 0. The molecule has 0 saturated heterocycles. The monoisotopic (exact) mass is 264 g/mol. The van der Waals surface area contributed by atoms with Crippen molar-refractivity contribution < 1.29 is 14.7 Å². The van der Waals surface area contributed by atoms with Crippen molar-refractivity contribution >= 4 is 11.8 Å². The Morgan fingerprint density at radius 1 is 1.32 bits per heavy atom. The minimum absolute atomic E-state index is 0.113. The van der Waals surface area contributed by atoms with Crippen molar-refractivity contribution in [3.8, 4) is 0 Å². The minimum atomic E-state index is -0.724. The molecule has 0 bridgehead atoms. The molecule has 0 aromatic carbocycles. The van der Waals surface area contributed by atoms with E-state index in [1.54, 1.807) is 6.08 Å². The first-order valence-corrected chi connectivity index (χ1v) is 7.24. The number of unbranched alkanes of at least 4 members (excludes halogenated alkanes) is 2. The van der Waals surface area contributed by atoms with Crippen molar-refractivity contribution in [2.24, 2.45) is 11.8 Å². The van der Waals surface area contributed by atoms with E-state index < -0.39 is 5.97 Å². The SMILES string of the molecule is CC/C=C\CC1C(=O)C=CC1CCCCCC(=O)O. The van der Waals surface area contributed by atoms with Gasteiger partial charge in [0.1, 0.15) is 0 Å². The van der Waals surface area contributed by atoms with Gasteiger partial charge in [-0.05, 0) is 37.7 Å². The first kappa shape index (κ1) is 15.7. The smallest absolute Gasteiger partial charge is 0.303 e. The van der Waals surface area contributed by atoms with Gasteiger partial charge in [0.2, 0.25) is 0 Å². The Bertz CT molecular complexity index is 355. The molecule has 1 N–H and O–H groups in total. The third kappa shape index (κ3) is 5.86. The number of ketones is 1. The van der Waals surface area contributed by atoms with Crippen LogP contribution >= 0.6 is 0 Å². The Morgan fingerprint density at radius 2 is 2.11 bits per heavy atom. The predicted octanol–water partition coefficient (Wildman–Crippen LogP) is 3.75. The number of carboxylic acids is 1. The number of carbonyl (C=O) groups is 2. The maximum Gasteiger partial charge on any atom is 0.303 e. The molecule has 2 atom stereocenters. The zero-order valence-corrected chi connectivity index (χ0v) is 11.7. The topological polar surface area (TPSA) is 54.4 Å². The van der Waals surface area contributed by atoms with Crippen LogP contribution in [0.15, 0.2) is 24.3 Å². The van der Waals surface area contributed by atoms with Crippen molar-refractivity contribution in [1.82, 2.24) is 0 Å². The number of carboxylic acid groups (broad SMARTS) is 1. The van der Waals surface area contributed by atoms with Gasteiger partial charge in [-0.3, -0.25) is 9.59 Å². The lowest BCUT2D eigenvalue weighted by Crippen LogP contribution is -2.15. The first-order valence-electron chi connectivity index (χ1n) is 7.24. The average molecular weight is 264 g/mol. The predicted molar refractivity (Wildman–Crippen MR) is 75.9 cm³/mol. The third-order valence-corrected chi connectivity index (χ3v) is 3.61. The molecule has 1 aliphatic rings. The number of allylic oxidation sites excluding steroid dienone is 4. The fourth-order valence-electron chi connectivity index (χ4n) is 2.52. The van der Waals surface area contributed by atoms with Crippen molar-refractivity contribution in [2.45, 2.75) is 51.9 Å². The summed E-state index contributed by atoms with van der Waals surface area (Å²) < 4.78 is 0. The third-order valence-electron chi connectivity index (χ3n) is 3.61. The molecule has 106 valence electrons. The van der Waals surface area contributed by atoms with E-state index in [1.807, 2.05) is 6.08 Å². The van der Waals surface area contributed by atoms with Crippen molar-refractivity contribution in [3.63, 3.8) is 0 Å². The maximum atomic E-state index is 11.8. The highest BCUT2D eigenvalue weighted by molar-refractivity contribution is 5.94. The maximum absolute atomic E-state index is 11.8. The van der Waals surface area contributed by atoms with E-state index in [-0.39, 0.29) is 18.1 Å². The van der Waals surface area contributed by atoms with E-state index in [4.69, 9.17) is 5.11 Å². The zero-order chi connectivity index (χ0) is 14.1. The Morgan fingerprint density at radius 3 is 2.79 bits per heavy atom. The fraction of sp³-hybridized carbons (Fsp3) is 0.625. The van der Waals surface area contributed by atoms with Crippen molar-refractivity contribution in [2.75, 3.05) is 0 Å².